The van der Waals surface area contributed by atoms with Gasteiger partial charge in [0.15, 0.2) is 0 Å². The molecule has 0 saturated carbocycles. The van der Waals surface area contributed by atoms with Crippen LogP contribution in [0.25, 0.3) is 11.1 Å². The van der Waals surface area contributed by atoms with E-state index in [1.807, 2.05) is 7.05 Å². The van der Waals surface area contributed by atoms with Crippen LogP contribution in [0, 0.1) is 11.6 Å². The van der Waals surface area contributed by atoms with Gasteiger partial charge in [-0.15, -0.1) is 0 Å². The molecular formula is C15H15F2N. The van der Waals surface area contributed by atoms with E-state index in [0.29, 0.717) is 11.1 Å². The third kappa shape index (κ3) is 2.74. The summed E-state index contributed by atoms with van der Waals surface area (Å²) in [4.78, 5) is 0. The predicted octanol–water partition coefficient (Wildman–Crippen LogP) is 3.39. The van der Waals surface area contributed by atoms with Gasteiger partial charge in [0.2, 0.25) is 0 Å². The van der Waals surface area contributed by atoms with Gasteiger partial charge in [0.05, 0.1) is 0 Å². The first-order chi connectivity index (χ1) is 8.72. The van der Waals surface area contributed by atoms with Crippen LogP contribution in [0.5, 0.6) is 0 Å². The lowest BCUT2D eigenvalue weighted by atomic mass is 10.0. The lowest BCUT2D eigenvalue weighted by Gasteiger charge is -2.08. The fraction of sp³-hybridized carbons (Fsp3) is 0.200. The zero-order valence-electron chi connectivity index (χ0n) is 10.2. The van der Waals surface area contributed by atoms with E-state index >= 15 is 0 Å². The summed E-state index contributed by atoms with van der Waals surface area (Å²) in [5.74, 6) is -0.796. The summed E-state index contributed by atoms with van der Waals surface area (Å²) in [5, 5.41) is 3.03. The summed E-state index contributed by atoms with van der Waals surface area (Å²) in [6.45, 7) is 0.808. The normalized spacial score (nSPS) is 10.6. The Morgan fingerprint density at radius 1 is 0.944 bits per heavy atom. The van der Waals surface area contributed by atoms with Crippen molar-refractivity contribution in [2.24, 2.45) is 0 Å². The number of likely N-dealkylation sites (N-methyl/N-ethyl adjacent to an activating group) is 1. The average molecular weight is 247 g/mol. The third-order valence-electron chi connectivity index (χ3n) is 2.86. The van der Waals surface area contributed by atoms with E-state index in [0.717, 1.165) is 18.5 Å². The molecule has 0 unspecified atom stereocenters. The summed E-state index contributed by atoms with van der Waals surface area (Å²) < 4.78 is 27.4. The van der Waals surface area contributed by atoms with E-state index in [-0.39, 0.29) is 0 Å². The molecule has 2 rings (SSSR count). The molecule has 0 bridgehead atoms. The number of halogens is 2. The molecule has 0 aliphatic heterocycles. The Balaban J connectivity index is 2.40. The van der Waals surface area contributed by atoms with Crippen molar-refractivity contribution in [1.29, 1.82) is 0 Å². The molecule has 94 valence electrons. The van der Waals surface area contributed by atoms with Crippen LogP contribution < -0.4 is 5.32 Å². The highest BCUT2D eigenvalue weighted by atomic mass is 19.1. The summed E-state index contributed by atoms with van der Waals surface area (Å²) in [7, 11) is 1.86. The molecule has 3 heteroatoms. The van der Waals surface area contributed by atoms with Crippen LogP contribution in [-0.2, 0) is 6.42 Å². The first-order valence-corrected chi connectivity index (χ1v) is 5.90. The Kier molecular flexibility index (Phi) is 4.05. The fourth-order valence-corrected chi connectivity index (χ4v) is 1.88. The topological polar surface area (TPSA) is 12.0 Å². The molecular weight excluding hydrogens is 232 g/mol. The van der Waals surface area contributed by atoms with Gasteiger partial charge in [-0.05, 0) is 43.8 Å². The minimum Gasteiger partial charge on any atom is -0.319 e. The zero-order valence-corrected chi connectivity index (χ0v) is 10.2. The molecule has 1 N–H and O–H groups in total. The fourth-order valence-electron chi connectivity index (χ4n) is 1.88. The molecule has 18 heavy (non-hydrogen) atoms. The Morgan fingerprint density at radius 3 is 2.39 bits per heavy atom. The van der Waals surface area contributed by atoms with E-state index in [1.54, 1.807) is 30.3 Å². The van der Waals surface area contributed by atoms with Crippen LogP contribution in [0.3, 0.4) is 0 Å². The molecule has 0 radical (unpaired) electrons. The van der Waals surface area contributed by atoms with Crippen LogP contribution in [0.4, 0.5) is 8.78 Å². The van der Waals surface area contributed by atoms with Gasteiger partial charge in [0, 0.05) is 11.1 Å². The van der Waals surface area contributed by atoms with Gasteiger partial charge < -0.3 is 5.32 Å². The molecule has 0 aliphatic rings. The first kappa shape index (κ1) is 12.7. The van der Waals surface area contributed by atoms with Crippen LogP contribution in [0.15, 0.2) is 42.5 Å². The molecule has 2 aromatic carbocycles. The van der Waals surface area contributed by atoms with Crippen LogP contribution >= 0.6 is 0 Å². The van der Waals surface area contributed by atoms with E-state index in [1.165, 1.54) is 12.1 Å². The van der Waals surface area contributed by atoms with Crippen molar-refractivity contribution in [3.8, 4) is 11.1 Å². The zero-order chi connectivity index (χ0) is 13.0. The van der Waals surface area contributed by atoms with E-state index in [2.05, 4.69) is 5.32 Å². The Labute approximate surface area is 105 Å². The summed E-state index contributed by atoms with van der Waals surface area (Å²) >= 11 is 0. The van der Waals surface area contributed by atoms with E-state index in [9.17, 15) is 8.78 Å². The first-order valence-electron chi connectivity index (χ1n) is 5.90. The average Bonchev–Trinajstić information content (AvgIpc) is 2.39. The van der Waals surface area contributed by atoms with Gasteiger partial charge in [-0.2, -0.15) is 0 Å². The van der Waals surface area contributed by atoms with Crippen molar-refractivity contribution in [3.63, 3.8) is 0 Å². The van der Waals surface area contributed by atoms with Crippen molar-refractivity contribution in [2.75, 3.05) is 13.6 Å². The Hall–Kier alpha value is -1.74. The molecule has 0 aromatic heterocycles. The van der Waals surface area contributed by atoms with Gasteiger partial charge in [0.25, 0.3) is 0 Å². The second kappa shape index (κ2) is 5.74. The molecule has 0 spiro atoms. The number of benzene rings is 2. The third-order valence-corrected chi connectivity index (χ3v) is 2.86. The highest BCUT2D eigenvalue weighted by molar-refractivity contribution is 5.65. The summed E-state index contributed by atoms with van der Waals surface area (Å²) in [5.41, 5.74) is 1.62. The second-order valence-corrected chi connectivity index (χ2v) is 4.15. The molecule has 1 nitrogen and oxygen atoms in total. The minimum absolute atomic E-state index is 0.307. The lowest BCUT2D eigenvalue weighted by Crippen LogP contribution is -2.10. The number of hydrogen-bond donors (Lipinski definition) is 1. The van der Waals surface area contributed by atoms with Gasteiger partial charge in [-0.25, -0.2) is 8.78 Å². The van der Waals surface area contributed by atoms with Crippen molar-refractivity contribution in [2.45, 2.75) is 6.42 Å². The largest absolute Gasteiger partial charge is 0.319 e. The molecule has 0 aliphatic carbocycles. The van der Waals surface area contributed by atoms with Crippen molar-refractivity contribution < 1.29 is 8.78 Å². The van der Waals surface area contributed by atoms with E-state index < -0.39 is 11.6 Å². The predicted molar refractivity (Wildman–Crippen MR) is 69.4 cm³/mol. The monoisotopic (exact) mass is 247 g/mol. The van der Waals surface area contributed by atoms with Crippen molar-refractivity contribution in [1.82, 2.24) is 5.32 Å². The smallest absolute Gasteiger partial charge is 0.131 e. The van der Waals surface area contributed by atoms with Gasteiger partial charge in [-0.1, -0.05) is 24.3 Å². The van der Waals surface area contributed by atoms with Crippen molar-refractivity contribution in [3.05, 3.63) is 59.7 Å². The maximum absolute atomic E-state index is 13.8. The Morgan fingerprint density at radius 2 is 1.67 bits per heavy atom. The minimum atomic E-state index is -0.401. The quantitative estimate of drug-likeness (QED) is 0.873. The Bertz CT molecular complexity index is 538. The number of hydrogen-bond acceptors (Lipinski definition) is 1. The van der Waals surface area contributed by atoms with Gasteiger partial charge >= 0.3 is 0 Å². The van der Waals surface area contributed by atoms with Crippen LogP contribution in [-0.4, -0.2) is 13.6 Å². The maximum Gasteiger partial charge on any atom is 0.131 e. The van der Waals surface area contributed by atoms with Crippen LogP contribution in [0.2, 0.25) is 0 Å². The molecule has 0 atom stereocenters. The van der Waals surface area contributed by atoms with Gasteiger partial charge in [-0.3, -0.25) is 0 Å². The molecule has 0 heterocycles. The molecule has 2 aromatic rings. The molecule has 0 fully saturated rings. The van der Waals surface area contributed by atoms with E-state index in [4.69, 9.17) is 0 Å². The number of rotatable bonds is 4. The molecule has 0 amide bonds. The molecule has 0 saturated heterocycles. The summed E-state index contributed by atoms with van der Waals surface area (Å²) in [6.07, 6.45) is 0.790. The highest BCUT2D eigenvalue weighted by Crippen LogP contribution is 2.26. The van der Waals surface area contributed by atoms with Crippen LogP contribution in [0.1, 0.15) is 5.56 Å². The highest BCUT2D eigenvalue weighted by Gasteiger charge is 2.10. The standard InChI is InChI=1S/C15H15F2N/c1-18-9-8-11-6-7-15(17)13(10-11)12-4-2-3-5-14(12)16/h2-7,10,18H,8-9H2,1H3. The SMILES string of the molecule is CNCCc1ccc(F)c(-c2ccccc2F)c1. The van der Waals surface area contributed by atoms with Crippen molar-refractivity contribution >= 4 is 0 Å². The number of nitrogens with one attached hydrogen (secondary N) is 1. The maximum atomic E-state index is 13.8. The lowest BCUT2D eigenvalue weighted by molar-refractivity contribution is 0.615. The second-order valence-electron chi connectivity index (χ2n) is 4.15. The summed E-state index contributed by atoms with van der Waals surface area (Å²) in [6, 6.07) is 11.1. The van der Waals surface area contributed by atoms with Gasteiger partial charge in [0.1, 0.15) is 11.6 Å².